The second kappa shape index (κ2) is 3.30. The molecule has 0 amide bonds. The van der Waals surface area contributed by atoms with Crippen LogP contribution in [0, 0.1) is 10.7 Å². The van der Waals surface area contributed by atoms with Crippen molar-refractivity contribution in [1.29, 1.82) is 0 Å². The van der Waals surface area contributed by atoms with Crippen LogP contribution >= 0.6 is 11.6 Å². The minimum absolute atomic E-state index is 0.232. The summed E-state index contributed by atoms with van der Waals surface area (Å²) in [5.41, 5.74) is 0. The molecule has 0 saturated heterocycles. The highest BCUT2D eigenvalue weighted by molar-refractivity contribution is 6.30. The average Bonchev–Trinajstić information content (AvgIpc) is 1.95. The number of halogens is 2. The SMILES string of the molecule is O=NOc1ccc(Cl)cc1F. The van der Waals surface area contributed by atoms with Gasteiger partial charge < -0.3 is 4.84 Å². The zero-order chi connectivity index (χ0) is 8.27. The van der Waals surface area contributed by atoms with E-state index in [1.807, 2.05) is 0 Å². The van der Waals surface area contributed by atoms with Gasteiger partial charge in [-0.1, -0.05) is 11.6 Å². The van der Waals surface area contributed by atoms with Gasteiger partial charge in [-0.25, -0.2) is 4.39 Å². The number of hydrogen-bond acceptors (Lipinski definition) is 3. The van der Waals surface area contributed by atoms with Crippen molar-refractivity contribution >= 4 is 11.6 Å². The summed E-state index contributed by atoms with van der Waals surface area (Å²) in [7, 11) is 0. The molecule has 0 N–H and O–H groups in total. The van der Waals surface area contributed by atoms with E-state index in [1.165, 1.54) is 12.1 Å². The third-order valence-electron chi connectivity index (χ3n) is 1.03. The van der Waals surface area contributed by atoms with E-state index < -0.39 is 5.82 Å². The van der Waals surface area contributed by atoms with Crippen LogP contribution in [0.1, 0.15) is 0 Å². The molecule has 0 aliphatic rings. The molecule has 1 aromatic rings. The first kappa shape index (κ1) is 7.94. The van der Waals surface area contributed by atoms with Crippen LogP contribution in [-0.4, -0.2) is 0 Å². The molecule has 0 aliphatic heterocycles. The summed E-state index contributed by atoms with van der Waals surface area (Å²) in [6, 6.07) is 3.65. The molecule has 5 heteroatoms. The third-order valence-corrected chi connectivity index (χ3v) is 1.26. The summed E-state index contributed by atoms with van der Waals surface area (Å²) in [6.07, 6.45) is 0. The number of nitrogens with zero attached hydrogens (tertiary/aromatic N) is 1. The van der Waals surface area contributed by atoms with E-state index >= 15 is 0 Å². The third kappa shape index (κ3) is 1.88. The van der Waals surface area contributed by atoms with Gasteiger partial charge in [0.25, 0.3) is 0 Å². The van der Waals surface area contributed by atoms with Crippen molar-refractivity contribution in [2.24, 2.45) is 5.34 Å². The van der Waals surface area contributed by atoms with Gasteiger partial charge in [-0.2, -0.15) is 0 Å². The van der Waals surface area contributed by atoms with E-state index in [-0.39, 0.29) is 10.8 Å². The fourth-order valence-corrected chi connectivity index (χ4v) is 0.748. The largest absolute Gasteiger partial charge is 0.321 e. The van der Waals surface area contributed by atoms with E-state index in [2.05, 4.69) is 10.2 Å². The van der Waals surface area contributed by atoms with Gasteiger partial charge in [0.05, 0.1) is 0 Å². The maximum absolute atomic E-state index is 12.6. The molecule has 0 fully saturated rings. The molecule has 1 rings (SSSR count). The summed E-state index contributed by atoms with van der Waals surface area (Å²) in [6.45, 7) is 0. The average molecular weight is 176 g/mol. The van der Waals surface area contributed by atoms with Crippen molar-refractivity contribution in [3.63, 3.8) is 0 Å². The van der Waals surface area contributed by atoms with Gasteiger partial charge in [0.15, 0.2) is 16.9 Å². The fraction of sp³-hybridized carbons (Fsp3) is 0. The van der Waals surface area contributed by atoms with Gasteiger partial charge in [0, 0.05) is 5.02 Å². The number of hydrogen-bond donors (Lipinski definition) is 0. The molecule has 0 atom stereocenters. The Hall–Kier alpha value is -1.16. The first-order valence-electron chi connectivity index (χ1n) is 2.69. The van der Waals surface area contributed by atoms with Crippen LogP contribution in [0.3, 0.4) is 0 Å². The highest BCUT2D eigenvalue weighted by atomic mass is 35.5. The molecule has 0 bridgehead atoms. The van der Waals surface area contributed by atoms with E-state index in [9.17, 15) is 9.30 Å². The Bertz CT molecular complexity index is 279. The van der Waals surface area contributed by atoms with Crippen molar-refractivity contribution < 1.29 is 9.23 Å². The normalized spacial score (nSPS) is 9.27. The van der Waals surface area contributed by atoms with Gasteiger partial charge in [-0.15, -0.1) is 4.91 Å². The summed E-state index contributed by atoms with van der Waals surface area (Å²) < 4.78 is 12.6. The highest BCUT2D eigenvalue weighted by Crippen LogP contribution is 2.20. The minimum Gasteiger partial charge on any atom is -0.321 e. The predicted octanol–water partition coefficient (Wildman–Crippen LogP) is 2.54. The Morgan fingerprint density at radius 1 is 1.55 bits per heavy atom. The lowest BCUT2D eigenvalue weighted by Gasteiger charge is -1.96. The maximum Gasteiger partial charge on any atom is 0.197 e. The van der Waals surface area contributed by atoms with Gasteiger partial charge in [0.2, 0.25) is 0 Å². The van der Waals surface area contributed by atoms with Crippen LogP contribution in [0.2, 0.25) is 5.02 Å². The van der Waals surface area contributed by atoms with Crippen molar-refractivity contribution in [1.82, 2.24) is 0 Å². The van der Waals surface area contributed by atoms with Gasteiger partial charge in [0.1, 0.15) is 0 Å². The lowest BCUT2D eigenvalue weighted by molar-refractivity contribution is 0.316. The Morgan fingerprint density at radius 3 is 2.82 bits per heavy atom. The lowest BCUT2D eigenvalue weighted by atomic mass is 10.3. The topological polar surface area (TPSA) is 38.7 Å². The van der Waals surface area contributed by atoms with Gasteiger partial charge in [-0.3, -0.25) is 0 Å². The first-order valence-corrected chi connectivity index (χ1v) is 3.06. The molecule has 0 spiro atoms. The molecule has 3 nitrogen and oxygen atoms in total. The van der Waals surface area contributed by atoms with Crippen molar-refractivity contribution in [3.8, 4) is 5.75 Å². The summed E-state index contributed by atoms with van der Waals surface area (Å²) in [4.78, 5) is 13.6. The molecular weight excluding hydrogens is 173 g/mol. The van der Waals surface area contributed by atoms with Crippen LogP contribution in [0.15, 0.2) is 23.5 Å². The number of benzene rings is 1. The predicted molar refractivity (Wildman–Crippen MR) is 37.8 cm³/mol. The molecule has 0 unspecified atom stereocenters. The molecular formula is C6H3ClFNO2. The quantitative estimate of drug-likeness (QED) is 0.512. The van der Waals surface area contributed by atoms with Gasteiger partial charge in [-0.05, 0) is 18.2 Å². The Morgan fingerprint density at radius 2 is 2.27 bits per heavy atom. The Kier molecular flexibility index (Phi) is 2.38. The summed E-state index contributed by atoms with van der Waals surface area (Å²) in [5, 5.41) is 2.30. The molecule has 11 heavy (non-hydrogen) atoms. The lowest BCUT2D eigenvalue weighted by Crippen LogP contribution is -1.84. The second-order valence-electron chi connectivity index (χ2n) is 1.74. The Balaban J connectivity index is 2.98. The minimum atomic E-state index is -0.711. The molecule has 0 aromatic heterocycles. The van der Waals surface area contributed by atoms with Crippen molar-refractivity contribution in [2.45, 2.75) is 0 Å². The molecule has 0 radical (unpaired) electrons. The maximum atomic E-state index is 12.6. The molecule has 0 saturated carbocycles. The van der Waals surface area contributed by atoms with Crippen LogP contribution in [0.5, 0.6) is 5.75 Å². The molecule has 0 aliphatic carbocycles. The van der Waals surface area contributed by atoms with Gasteiger partial charge >= 0.3 is 0 Å². The molecule has 0 heterocycles. The smallest absolute Gasteiger partial charge is 0.197 e. The van der Waals surface area contributed by atoms with Crippen LogP contribution in [0.4, 0.5) is 4.39 Å². The van der Waals surface area contributed by atoms with Crippen LogP contribution in [0.25, 0.3) is 0 Å². The van der Waals surface area contributed by atoms with Crippen LogP contribution in [-0.2, 0) is 0 Å². The van der Waals surface area contributed by atoms with Crippen molar-refractivity contribution in [2.75, 3.05) is 0 Å². The van der Waals surface area contributed by atoms with E-state index in [1.54, 1.807) is 0 Å². The summed E-state index contributed by atoms with van der Waals surface area (Å²) >= 11 is 5.41. The zero-order valence-electron chi connectivity index (χ0n) is 5.25. The summed E-state index contributed by atoms with van der Waals surface area (Å²) in [5.74, 6) is -0.943. The Labute approximate surface area is 66.7 Å². The molecule has 1 aromatic carbocycles. The van der Waals surface area contributed by atoms with Crippen molar-refractivity contribution in [3.05, 3.63) is 33.9 Å². The fourth-order valence-electron chi connectivity index (χ4n) is 0.589. The zero-order valence-corrected chi connectivity index (χ0v) is 6.01. The van der Waals surface area contributed by atoms with E-state index in [0.29, 0.717) is 0 Å². The standard InChI is InChI=1S/C6H3ClFNO2/c7-4-1-2-6(11-9-10)5(8)3-4/h1-3H. The van der Waals surface area contributed by atoms with E-state index in [0.717, 1.165) is 6.07 Å². The van der Waals surface area contributed by atoms with E-state index in [4.69, 9.17) is 11.6 Å². The second-order valence-corrected chi connectivity index (χ2v) is 2.18. The monoisotopic (exact) mass is 175 g/mol. The molecule has 58 valence electrons. The highest BCUT2D eigenvalue weighted by Gasteiger charge is 2.03. The van der Waals surface area contributed by atoms with Crippen LogP contribution < -0.4 is 4.84 Å². The first-order chi connectivity index (χ1) is 5.24. The number of rotatable bonds is 2.